The fourth-order valence-corrected chi connectivity index (χ4v) is 3.29. The van der Waals surface area contributed by atoms with Gasteiger partial charge in [-0.3, -0.25) is 4.79 Å². The van der Waals surface area contributed by atoms with E-state index in [1.54, 1.807) is 11.6 Å². The van der Waals surface area contributed by atoms with Crippen molar-refractivity contribution >= 4 is 23.4 Å². The van der Waals surface area contributed by atoms with E-state index in [2.05, 4.69) is 20.8 Å². The lowest BCUT2D eigenvalue weighted by atomic mass is 10.1. The highest BCUT2D eigenvalue weighted by Crippen LogP contribution is 2.26. The molecule has 3 aromatic rings. The number of aromatic nitrogens is 4. The van der Waals surface area contributed by atoms with Crippen molar-refractivity contribution in [2.24, 2.45) is 0 Å². The zero-order valence-corrected chi connectivity index (χ0v) is 15.7. The molecule has 1 heterocycles. The van der Waals surface area contributed by atoms with Gasteiger partial charge in [0.05, 0.1) is 16.6 Å². The normalized spacial score (nSPS) is 12.0. The largest absolute Gasteiger partial charge is 0.323 e. The molecule has 6 nitrogen and oxygen atoms in total. The van der Waals surface area contributed by atoms with Crippen LogP contribution in [0.3, 0.4) is 0 Å². The summed E-state index contributed by atoms with van der Waals surface area (Å²) in [5, 5.41) is 13.8. The molecule has 1 aromatic heterocycles. The SMILES string of the molecule is Cc1ccc(-n2nnnc2SC(C)C(=O)Nc2cc(F)ccc2F)c(C)c1. The van der Waals surface area contributed by atoms with Gasteiger partial charge < -0.3 is 5.32 Å². The average molecular weight is 389 g/mol. The second kappa shape index (κ2) is 7.83. The highest BCUT2D eigenvalue weighted by molar-refractivity contribution is 8.00. The van der Waals surface area contributed by atoms with Crippen LogP contribution in [-0.4, -0.2) is 31.4 Å². The van der Waals surface area contributed by atoms with Crippen LogP contribution in [0.2, 0.25) is 0 Å². The van der Waals surface area contributed by atoms with E-state index in [9.17, 15) is 13.6 Å². The number of nitrogens with one attached hydrogen (secondary N) is 1. The molecule has 0 bridgehead atoms. The third-order valence-corrected chi connectivity index (χ3v) is 4.89. The fourth-order valence-electron chi connectivity index (χ4n) is 2.49. The number of benzene rings is 2. The number of hydrogen-bond donors (Lipinski definition) is 1. The van der Waals surface area contributed by atoms with Crippen LogP contribution in [0.4, 0.5) is 14.5 Å². The maximum Gasteiger partial charge on any atom is 0.237 e. The van der Waals surface area contributed by atoms with Crippen LogP contribution in [0.1, 0.15) is 18.1 Å². The summed E-state index contributed by atoms with van der Waals surface area (Å²) >= 11 is 1.12. The van der Waals surface area contributed by atoms with Crippen molar-refractivity contribution in [1.29, 1.82) is 0 Å². The third-order valence-electron chi connectivity index (χ3n) is 3.86. The minimum atomic E-state index is -0.706. The van der Waals surface area contributed by atoms with Crippen LogP contribution in [0.15, 0.2) is 41.6 Å². The molecule has 140 valence electrons. The molecule has 1 atom stereocenters. The Hall–Kier alpha value is -2.81. The monoisotopic (exact) mass is 389 g/mol. The van der Waals surface area contributed by atoms with Crippen LogP contribution in [0.5, 0.6) is 0 Å². The summed E-state index contributed by atoms with van der Waals surface area (Å²) in [7, 11) is 0. The number of thioether (sulfide) groups is 1. The van der Waals surface area contributed by atoms with Gasteiger partial charge in [-0.2, -0.15) is 4.68 Å². The molecule has 2 aromatic carbocycles. The van der Waals surface area contributed by atoms with Crippen molar-refractivity contribution < 1.29 is 13.6 Å². The number of nitrogens with zero attached hydrogens (tertiary/aromatic N) is 4. The van der Waals surface area contributed by atoms with E-state index in [4.69, 9.17) is 0 Å². The van der Waals surface area contributed by atoms with Crippen LogP contribution in [-0.2, 0) is 4.79 Å². The lowest BCUT2D eigenvalue weighted by Crippen LogP contribution is -2.23. The number of aryl methyl sites for hydroxylation is 2. The molecule has 27 heavy (non-hydrogen) atoms. The second-order valence-corrected chi connectivity index (χ2v) is 7.34. The molecule has 1 N–H and O–H groups in total. The van der Waals surface area contributed by atoms with Crippen molar-refractivity contribution in [2.45, 2.75) is 31.2 Å². The van der Waals surface area contributed by atoms with E-state index in [-0.39, 0.29) is 5.69 Å². The van der Waals surface area contributed by atoms with Gasteiger partial charge in [-0.15, -0.1) is 5.10 Å². The van der Waals surface area contributed by atoms with E-state index in [0.29, 0.717) is 5.16 Å². The topological polar surface area (TPSA) is 72.7 Å². The molecule has 0 saturated carbocycles. The molecule has 9 heteroatoms. The highest BCUT2D eigenvalue weighted by atomic mass is 32.2. The summed E-state index contributed by atoms with van der Waals surface area (Å²) in [5.74, 6) is -1.83. The first kappa shape index (κ1) is 19.0. The number of amides is 1. The Balaban J connectivity index is 1.77. The first-order valence-electron chi connectivity index (χ1n) is 8.13. The van der Waals surface area contributed by atoms with Gasteiger partial charge in [0.25, 0.3) is 0 Å². The third kappa shape index (κ3) is 4.30. The Morgan fingerprint density at radius 1 is 1.19 bits per heavy atom. The van der Waals surface area contributed by atoms with Crippen LogP contribution in [0, 0.1) is 25.5 Å². The summed E-state index contributed by atoms with van der Waals surface area (Å²) in [4.78, 5) is 12.4. The van der Waals surface area contributed by atoms with E-state index in [1.165, 1.54) is 0 Å². The highest BCUT2D eigenvalue weighted by Gasteiger charge is 2.21. The summed E-state index contributed by atoms with van der Waals surface area (Å²) in [5.41, 5.74) is 2.70. The van der Waals surface area contributed by atoms with Gasteiger partial charge in [0.1, 0.15) is 11.6 Å². The molecule has 1 unspecified atom stereocenters. The smallest absolute Gasteiger partial charge is 0.237 e. The Morgan fingerprint density at radius 2 is 1.96 bits per heavy atom. The molecule has 3 rings (SSSR count). The van der Waals surface area contributed by atoms with Crippen molar-refractivity contribution in [1.82, 2.24) is 20.2 Å². The molecule has 0 fully saturated rings. The molecule has 0 aliphatic carbocycles. The zero-order chi connectivity index (χ0) is 19.6. The van der Waals surface area contributed by atoms with E-state index in [1.807, 2.05) is 32.0 Å². The number of carbonyl (C=O) groups is 1. The Morgan fingerprint density at radius 3 is 2.70 bits per heavy atom. The summed E-state index contributed by atoms with van der Waals surface area (Å²) in [6.45, 7) is 5.57. The maximum atomic E-state index is 13.7. The van der Waals surface area contributed by atoms with Crippen molar-refractivity contribution in [3.05, 3.63) is 59.2 Å². The molecule has 0 spiro atoms. The Kier molecular flexibility index (Phi) is 5.50. The molecular formula is C18H17F2N5OS. The average Bonchev–Trinajstić information content (AvgIpc) is 3.06. The number of rotatable bonds is 5. The van der Waals surface area contributed by atoms with Gasteiger partial charge in [0.15, 0.2) is 0 Å². The minimum absolute atomic E-state index is 0.207. The van der Waals surface area contributed by atoms with Crippen LogP contribution >= 0.6 is 11.8 Å². The van der Waals surface area contributed by atoms with Crippen molar-refractivity contribution in [2.75, 3.05) is 5.32 Å². The zero-order valence-electron chi connectivity index (χ0n) is 14.9. The molecule has 0 aliphatic rings. The van der Waals surface area contributed by atoms with E-state index < -0.39 is 22.8 Å². The number of hydrogen-bond acceptors (Lipinski definition) is 5. The standard InChI is InChI=1S/C18H17F2N5OS/c1-10-4-7-16(11(2)8-10)25-18(22-23-24-25)27-12(3)17(26)21-15-9-13(19)5-6-14(15)20/h4-9,12H,1-3H3,(H,21,26). The van der Waals surface area contributed by atoms with Gasteiger partial charge in [0.2, 0.25) is 11.1 Å². The first-order chi connectivity index (χ1) is 12.8. The van der Waals surface area contributed by atoms with Crippen molar-refractivity contribution in [3.63, 3.8) is 0 Å². The van der Waals surface area contributed by atoms with Gasteiger partial charge in [0, 0.05) is 6.07 Å². The van der Waals surface area contributed by atoms with Crippen molar-refractivity contribution in [3.8, 4) is 5.69 Å². The van der Waals surface area contributed by atoms with Gasteiger partial charge in [-0.25, -0.2) is 8.78 Å². The number of carbonyl (C=O) groups excluding carboxylic acids is 1. The molecule has 0 saturated heterocycles. The lowest BCUT2D eigenvalue weighted by molar-refractivity contribution is -0.115. The summed E-state index contributed by atoms with van der Waals surface area (Å²) in [6, 6.07) is 8.74. The number of halogens is 2. The van der Waals surface area contributed by atoms with Crippen LogP contribution in [0.25, 0.3) is 5.69 Å². The Labute approximate surface area is 159 Å². The minimum Gasteiger partial charge on any atom is -0.323 e. The fraction of sp³-hybridized carbons (Fsp3) is 0.222. The van der Waals surface area contributed by atoms with Gasteiger partial charge in [-0.1, -0.05) is 29.5 Å². The number of tetrazole rings is 1. The predicted molar refractivity (Wildman–Crippen MR) is 98.9 cm³/mol. The second-order valence-electron chi connectivity index (χ2n) is 6.04. The van der Waals surface area contributed by atoms with E-state index in [0.717, 1.165) is 46.8 Å². The maximum absolute atomic E-state index is 13.7. The number of anilines is 1. The molecule has 1 amide bonds. The van der Waals surface area contributed by atoms with Gasteiger partial charge in [-0.05, 0) is 55.0 Å². The van der Waals surface area contributed by atoms with Gasteiger partial charge >= 0.3 is 0 Å². The lowest BCUT2D eigenvalue weighted by Gasteiger charge is -2.13. The molecule has 0 radical (unpaired) electrons. The molecular weight excluding hydrogens is 372 g/mol. The Bertz CT molecular complexity index is 992. The quantitative estimate of drug-likeness (QED) is 0.674. The summed E-state index contributed by atoms with van der Waals surface area (Å²) < 4.78 is 28.5. The first-order valence-corrected chi connectivity index (χ1v) is 9.01. The van der Waals surface area contributed by atoms with E-state index >= 15 is 0 Å². The summed E-state index contributed by atoms with van der Waals surface area (Å²) in [6.07, 6.45) is 0. The predicted octanol–water partition coefficient (Wildman–Crippen LogP) is 3.68. The van der Waals surface area contributed by atoms with Crippen LogP contribution < -0.4 is 5.32 Å². The molecule has 0 aliphatic heterocycles.